The first kappa shape index (κ1) is 17.8. The summed E-state index contributed by atoms with van der Waals surface area (Å²) in [7, 11) is 0. The molecule has 2 aromatic carbocycles. The van der Waals surface area contributed by atoms with Crippen molar-refractivity contribution in [2.75, 3.05) is 5.32 Å². The number of rotatable bonds is 5. The largest absolute Gasteiger partial charge is 0.435 e. The number of alkyl halides is 2. The number of hydrogen-bond donors (Lipinski definition) is 2. The van der Waals surface area contributed by atoms with Gasteiger partial charge in [-0.05, 0) is 73.1 Å². The minimum absolute atomic E-state index is 0.0993. The van der Waals surface area contributed by atoms with Crippen LogP contribution in [0.3, 0.4) is 0 Å². The van der Waals surface area contributed by atoms with Crippen LogP contribution in [0.4, 0.5) is 14.5 Å². The first-order valence-corrected chi connectivity index (χ1v) is 7.57. The van der Waals surface area contributed by atoms with Gasteiger partial charge in [-0.25, -0.2) is 0 Å². The van der Waals surface area contributed by atoms with Crippen molar-refractivity contribution in [1.82, 2.24) is 5.43 Å². The molecular weight excluding hydrogens is 332 g/mol. The minimum Gasteiger partial charge on any atom is -0.435 e. The van der Waals surface area contributed by atoms with Crippen molar-refractivity contribution < 1.29 is 13.5 Å². The minimum atomic E-state index is -2.83. The second-order valence-electron chi connectivity index (χ2n) is 5.02. The molecule has 0 atom stereocenters. The van der Waals surface area contributed by atoms with Crippen LogP contribution in [0.25, 0.3) is 0 Å². The van der Waals surface area contributed by atoms with Gasteiger partial charge in [0.05, 0.1) is 6.21 Å². The molecule has 0 saturated carbocycles. The third-order valence-corrected chi connectivity index (χ3v) is 3.53. The van der Waals surface area contributed by atoms with Crippen molar-refractivity contribution in [2.24, 2.45) is 5.10 Å². The predicted molar refractivity (Wildman–Crippen MR) is 95.9 cm³/mol. The Morgan fingerprint density at radius 2 is 1.88 bits per heavy atom. The van der Waals surface area contributed by atoms with Crippen LogP contribution in [0.5, 0.6) is 5.75 Å². The molecule has 0 fully saturated rings. The molecule has 2 N–H and O–H groups in total. The van der Waals surface area contributed by atoms with Gasteiger partial charge < -0.3 is 10.1 Å². The monoisotopic (exact) mass is 349 g/mol. The van der Waals surface area contributed by atoms with Gasteiger partial charge in [0.1, 0.15) is 5.75 Å². The highest BCUT2D eigenvalue weighted by Crippen LogP contribution is 2.17. The lowest BCUT2D eigenvalue weighted by molar-refractivity contribution is -0.0498. The number of hydrazone groups is 1. The number of anilines is 1. The highest BCUT2D eigenvalue weighted by Gasteiger charge is 2.03. The standard InChI is InChI=1S/C17H17F2N3OS/c1-11-4-3-5-15(12(11)2)21-17(24)22-20-10-13-6-8-14(9-7-13)23-16(18)19/h3-10,16H,1-2H3,(H2,21,22,24). The van der Waals surface area contributed by atoms with Crippen LogP contribution in [0.2, 0.25) is 0 Å². The summed E-state index contributed by atoms with van der Waals surface area (Å²) in [6.07, 6.45) is 1.53. The number of thiocarbonyl (C=S) groups is 1. The summed E-state index contributed by atoms with van der Waals surface area (Å²) in [5, 5.41) is 7.44. The second-order valence-corrected chi connectivity index (χ2v) is 5.43. The number of nitrogens with one attached hydrogen (secondary N) is 2. The zero-order chi connectivity index (χ0) is 17.5. The maximum absolute atomic E-state index is 12.1. The second kappa shape index (κ2) is 8.35. The zero-order valence-corrected chi connectivity index (χ0v) is 14.0. The number of ether oxygens (including phenoxy) is 1. The van der Waals surface area contributed by atoms with E-state index >= 15 is 0 Å². The van der Waals surface area contributed by atoms with Gasteiger partial charge in [-0.2, -0.15) is 13.9 Å². The fourth-order valence-corrected chi connectivity index (χ4v) is 2.10. The molecule has 2 rings (SSSR count). The van der Waals surface area contributed by atoms with E-state index in [1.807, 2.05) is 32.0 Å². The predicted octanol–water partition coefficient (Wildman–Crippen LogP) is 4.23. The number of benzene rings is 2. The molecule has 0 aliphatic rings. The molecule has 0 heterocycles. The van der Waals surface area contributed by atoms with Gasteiger partial charge in [0.2, 0.25) is 0 Å². The van der Waals surface area contributed by atoms with Gasteiger partial charge in [-0.1, -0.05) is 12.1 Å². The van der Waals surface area contributed by atoms with Gasteiger partial charge in [0.25, 0.3) is 0 Å². The maximum atomic E-state index is 12.1. The Labute approximate surface area is 144 Å². The average molecular weight is 349 g/mol. The third-order valence-electron chi connectivity index (χ3n) is 3.34. The summed E-state index contributed by atoms with van der Waals surface area (Å²) in [5.74, 6) is 0.0993. The van der Waals surface area contributed by atoms with Crippen molar-refractivity contribution in [3.8, 4) is 5.75 Å². The Bertz CT molecular complexity index is 733. The molecule has 0 unspecified atom stereocenters. The molecule has 0 bridgehead atoms. The van der Waals surface area contributed by atoms with Crippen LogP contribution < -0.4 is 15.5 Å². The van der Waals surface area contributed by atoms with Crippen molar-refractivity contribution in [3.05, 3.63) is 59.2 Å². The fourth-order valence-electron chi connectivity index (χ4n) is 1.94. The summed E-state index contributed by atoms with van der Waals surface area (Å²) in [5.41, 5.74) is 6.62. The summed E-state index contributed by atoms with van der Waals surface area (Å²) < 4.78 is 28.4. The summed E-state index contributed by atoms with van der Waals surface area (Å²) in [4.78, 5) is 0. The first-order valence-electron chi connectivity index (χ1n) is 7.17. The molecule has 0 radical (unpaired) electrons. The highest BCUT2D eigenvalue weighted by molar-refractivity contribution is 7.80. The zero-order valence-electron chi connectivity index (χ0n) is 13.2. The van der Waals surface area contributed by atoms with Crippen LogP contribution >= 0.6 is 12.2 Å². The highest BCUT2D eigenvalue weighted by atomic mass is 32.1. The van der Waals surface area contributed by atoms with E-state index in [-0.39, 0.29) is 5.75 Å². The van der Waals surface area contributed by atoms with Crippen molar-refractivity contribution in [3.63, 3.8) is 0 Å². The van der Waals surface area contributed by atoms with E-state index in [0.29, 0.717) is 5.11 Å². The number of halogens is 2. The lowest BCUT2D eigenvalue weighted by Crippen LogP contribution is -2.24. The average Bonchev–Trinajstić information content (AvgIpc) is 2.53. The first-order chi connectivity index (χ1) is 11.5. The summed E-state index contributed by atoms with van der Waals surface area (Å²) in [6, 6.07) is 12.0. The van der Waals surface area contributed by atoms with Crippen molar-refractivity contribution in [1.29, 1.82) is 0 Å². The molecule has 0 aliphatic carbocycles. The molecular formula is C17H17F2N3OS. The summed E-state index contributed by atoms with van der Waals surface area (Å²) in [6.45, 7) is 1.20. The molecule has 0 aliphatic heterocycles. The molecule has 0 spiro atoms. The number of nitrogens with zero attached hydrogens (tertiary/aromatic N) is 1. The van der Waals surface area contributed by atoms with Gasteiger partial charge in [0.15, 0.2) is 5.11 Å². The maximum Gasteiger partial charge on any atom is 0.387 e. The Balaban J connectivity index is 1.89. The van der Waals surface area contributed by atoms with E-state index in [1.54, 1.807) is 12.1 Å². The van der Waals surface area contributed by atoms with E-state index in [2.05, 4.69) is 20.6 Å². The molecule has 4 nitrogen and oxygen atoms in total. The molecule has 24 heavy (non-hydrogen) atoms. The fraction of sp³-hybridized carbons (Fsp3) is 0.176. The van der Waals surface area contributed by atoms with Gasteiger partial charge in [0, 0.05) is 5.69 Å². The van der Waals surface area contributed by atoms with Crippen molar-refractivity contribution >= 4 is 29.2 Å². The smallest absolute Gasteiger partial charge is 0.387 e. The molecule has 0 saturated heterocycles. The van der Waals surface area contributed by atoms with Gasteiger partial charge in [-0.15, -0.1) is 0 Å². The van der Waals surface area contributed by atoms with Crippen LogP contribution in [-0.2, 0) is 0 Å². The van der Waals surface area contributed by atoms with Gasteiger partial charge >= 0.3 is 6.61 Å². The summed E-state index contributed by atoms with van der Waals surface area (Å²) >= 11 is 5.18. The van der Waals surface area contributed by atoms with Crippen molar-refractivity contribution in [2.45, 2.75) is 20.5 Å². The number of hydrogen-bond acceptors (Lipinski definition) is 3. The Kier molecular flexibility index (Phi) is 6.20. The van der Waals surface area contributed by atoms with E-state index in [4.69, 9.17) is 12.2 Å². The van der Waals surface area contributed by atoms with Crippen LogP contribution in [-0.4, -0.2) is 17.9 Å². The lowest BCUT2D eigenvalue weighted by Gasteiger charge is -2.11. The Morgan fingerprint density at radius 1 is 1.17 bits per heavy atom. The van der Waals surface area contributed by atoms with Crippen LogP contribution in [0.1, 0.15) is 16.7 Å². The topological polar surface area (TPSA) is 45.7 Å². The number of aryl methyl sites for hydroxylation is 1. The van der Waals surface area contributed by atoms with Crippen LogP contribution in [0.15, 0.2) is 47.6 Å². The normalized spacial score (nSPS) is 10.9. The quantitative estimate of drug-likeness (QED) is 0.482. The molecule has 7 heteroatoms. The molecule has 0 aromatic heterocycles. The Morgan fingerprint density at radius 3 is 2.54 bits per heavy atom. The lowest BCUT2D eigenvalue weighted by atomic mass is 10.1. The SMILES string of the molecule is Cc1cccc(NC(=S)NN=Cc2ccc(OC(F)F)cc2)c1C. The molecule has 2 aromatic rings. The van der Waals surface area contributed by atoms with E-state index in [1.165, 1.54) is 18.3 Å². The Hall–Kier alpha value is -2.54. The third kappa shape index (κ3) is 5.27. The van der Waals surface area contributed by atoms with E-state index in [0.717, 1.165) is 22.4 Å². The van der Waals surface area contributed by atoms with Gasteiger partial charge in [-0.3, -0.25) is 5.43 Å². The van der Waals surface area contributed by atoms with Crippen LogP contribution in [0, 0.1) is 13.8 Å². The van der Waals surface area contributed by atoms with E-state index < -0.39 is 6.61 Å². The molecule has 126 valence electrons. The van der Waals surface area contributed by atoms with E-state index in [9.17, 15) is 8.78 Å². The molecule has 0 amide bonds.